The van der Waals surface area contributed by atoms with Gasteiger partial charge >= 0.3 is 0 Å². The Morgan fingerprint density at radius 3 is 1.85 bits per heavy atom. The standard InChI is InChI=1S/C29H24N2O2/c32-29(28-22-12-3-7-16-26(22)33-27-17-8-4-13-23(27)28)30-18-9-19-31-24-14-5-1-10-20(24)21-11-2-6-15-25(21)31/h1-8,10-17,28H,9,18-19H2,(H,30,32). The van der Waals surface area contributed by atoms with Crippen molar-refractivity contribution in [3.63, 3.8) is 0 Å². The number of nitrogens with zero attached hydrogens (tertiary/aromatic N) is 1. The van der Waals surface area contributed by atoms with Crippen LogP contribution in [0.5, 0.6) is 11.5 Å². The summed E-state index contributed by atoms with van der Waals surface area (Å²) in [6.45, 7) is 1.45. The summed E-state index contributed by atoms with van der Waals surface area (Å²) in [6, 6.07) is 32.6. The summed E-state index contributed by atoms with van der Waals surface area (Å²) in [4.78, 5) is 13.3. The molecule has 1 amide bonds. The first-order valence-electron chi connectivity index (χ1n) is 11.4. The highest BCUT2D eigenvalue weighted by molar-refractivity contribution is 6.07. The van der Waals surface area contributed by atoms with E-state index in [-0.39, 0.29) is 11.8 Å². The molecular formula is C29H24N2O2. The van der Waals surface area contributed by atoms with E-state index in [9.17, 15) is 4.79 Å². The number of ether oxygens (including phenoxy) is 1. The largest absolute Gasteiger partial charge is 0.457 e. The van der Waals surface area contributed by atoms with E-state index in [1.54, 1.807) is 0 Å². The molecule has 1 N–H and O–H groups in total. The van der Waals surface area contributed by atoms with Gasteiger partial charge in [0.2, 0.25) is 5.91 Å². The molecule has 0 fully saturated rings. The first-order chi connectivity index (χ1) is 16.3. The average Bonchev–Trinajstić information content (AvgIpc) is 3.18. The van der Waals surface area contributed by atoms with Crippen LogP contribution in [0.1, 0.15) is 23.5 Å². The van der Waals surface area contributed by atoms with Crippen molar-refractivity contribution in [2.24, 2.45) is 0 Å². The van der Waals surface area contributed by atoms with Gasteiger partial charge in [0.05, 0.1) is 5.92 Å². The minimum absolute atomic E-state index is 0.0143. The Bertz CT molecular complexity index is 1390. The minimum Gasteiger partial charge on any atom is -0.457 e. The number of benzene rings is 4. The maximum Gasteiger partial charge on any atom is 0.232 e. The van der Waals surface area contributed by atoms with Crippen molar-refractivity contribution in [3.05, 3.63) is 108 Å². The third-order valence-corrected chi connectivity index (χ3v) is 6.48. The molecule has 0 atom stereocenters. The highest BCUT2D eigenvalue weighted by Crippen LogP contribution is 2.43. The molecular weight excluding hydrogens is 408 g/mol. The van der Waals surface area contributed by atoms with Crippen molar-refractivity contribution < 1.29 is 9.53 Å². The molecule has 0 aliphatic carbocycles. The summed E-state index contributed by atoms with van der Waals surface area (Å²) in [5.41, 5.74) is 4.29. The van der Waals surface area contributed by atoms with Crippen LogP contribution in [0.4, 0.5) is 0 Å². The summed E-state index contributed by atoms with van der Waals surface area (Å²) in [5.74, 6) is 1.16. The van der Waals surface area contributed by atoms with Crippen molar-refractivity contribution in [1.82, 2.24) is 9.88 Å². The van der Waals surface area contributed by atoms with Crippen LogP contribution < -0.4 is 10.1 Å². The molecule has 4 heteroatoms. The zero-order chi connectivity index (χ0) is 22.2. The number of rotatable bonds is 5. The second-order valence-electron chi connectivity index (χ2n) is 8.44. The van der Waals surface area contributed by atoms with E-state index in [0.717, 1.165) is 35.6 Å². The third kappa shape index (κ3) is 3.35. The third-order valence-electron chi connectivity index (χ3n) is 6.48. The molecule has 0 saturated heterocycles. The topological polar surface area (TPSA) is 43.3 Å². The molecule has 0 unspecified atom stereocenters. The van der Waals surface area contributed by atoms with Crippen LogP contribution >= 0.6 is 0 Å². The summed E-state index contributed by atoms with van der Waals surface area (Å²) in [7, 11) is 0. The summed E-state index contributed by atoms with van der Waals surface area (Å²) >= 11 is 0. The lowest BCUT2D eigenvalue weighted by Crippen LogP contribution is -2.32. The van der Waals surface area contributed by atoms with Crippen LogP contribution in [0.2, 0.25) is 0 Å². The summed E-state index contributed by atoms with van der Waals surface area (Å²) < 4.78 is 8.39. The highest BCUT2D eigenvalue weighted by atomic mass is 16.5. The smallest absolute Gasteiger partial charge is 0.232 e. The van der Waals surface area contributed by atoms with E-state index in [1.165, 1.54) is 21.8 Å². The predicted molar refractivity (Wildman–Crippen MR) is 132 cm³/mol. The van der Waals surface area contributed by atoms with E-state index in [0.29, 0.717) is 6.54 Å². The fourth-order valence-corrected chi connectivity index (χ4v) is 4.99. The Morgan fingerprint density at radius 1 is 0.727 bits per heavy atom. The van der Waals surface area contributed by atoms with E-state index in [2.05, 4.69) is 58.4 Å². The Morgan fingerprint density at radius 2 is 1.24 bits per heavy atom. The van der Waals surface area contributed by atoms with E-state index < -0.39 is 0 Å². The molecule has 0 bridgehead atoms. The number of hydrogen-bond donors (Lipinski definition) is 1. The number of carbonyl (C=O) groups excluding carboxylic acids is 1. The molecule has 0 spiro atoms. The second-order valence-corrected chi connectivity index (χ2v) is 8.44. The lowest BCUT2D eigenvalue weighted by Gasteiger charge is -2.27. The van der Waals surface area contributed by atoms with E-state index in [4.69, 9.17) is 4.74 Å². The van der Waals surface area contributed by atoms with Crippen molar-refractivity contribution in [3.8, 4) is 11.5 Å². The van der Waals surface area contributed by atoms with Gasteiger partial charge in [-0.15, -0.1) is 0 Å². The highest BCUT2D eigenvalue weighted by Gasteiger charge is 2.32. The maximum atomic E-state index is 13.3. The predicted octanol–water partition coefficient (Wildman–Crippen LogP) is 6.24. The van der Waals surface area contributed by atoms with Crippen LogP contribution in [0.3, 0.4) is 0 Å². The molecule has 5 aromatic rings. The Balaban J connectivity index is 1.21. The molecule has 33 heavy (non-hydrogen) atoms. The number of hydrogen-bond acceptors (Lipinski definition) is 2. The Kier molecular flexibility index (Phi) is 4.84. The van der Waals surface area contributed by atoms with Crippen molar-refractivity contribution >= 4 is 27.7 Å². The zero-order valence-electron chi connectivity index (χ0n) is 18.2. The molecule has 2 heterocycles. The van der Waals surface area contributed by atoms with Gasteiger partial charge in [0.1, 0.15) is 11.5 Å². The number of amides is 1. The van der Waals surface area contributed by atoms with E-state index in [1.807, 2.05) is 48.5 Å². The fraction of sp³-hybridized carbons (Fsp3) is 0.138. The van der Waals surface area contributed by atoms with Gasteiger partial charge in [-0.2, -0.15) is 0 Å². The molecule has 0 saturated carbocycles. The molecule has 4 nitrogen and oxygen atoms in total. The zero-order valence-corrected chi connectivity index (χ0v) is 18.2. The van der Waals surface area contributed by atoms with E-state index >= 15 is 0 Å². The van der Waals surface area contributed by atoms with Crippen molar-refractivity contribution in [1.29, 1.82) is 0 Å². The Labute approximate surface area is 192 Å². The molecule has 6 rings (SSSR count). The van der Waals surface area contributed by atoms with Gasteiger partial charge in [-0.1, -0.05) is 72.8 Å². The van der Waals surface area contributed by atoms with Gasteiger partial charge < -0.3 is 14.6 Å². The molecule has 1 aromatic heterocycles. The fourth-order valence-electron chi connectivity index (χ4n) is 4.99. The normalized spacial score (nSPS) is 12.8. The van der Waals surface area contributed by atoms with Gasteiger partial charge in [-0.05, 0) is 30.7 Å². The lowest BCUT2D eigenvalue weighted by molar-refractivity contribution is -0.121. The molecule has 1 aliphatic rings. The second kappa shape index (κ2) is 8.14. The first-order valence-corrected chi connectivity index (χ1v) is 11.4. The van der Waals surface area contributed by atoms with Crippen LogP contribution in [0.15, 0.2) is 97.1 Å². The SMILES string of the molecule is O=C(NCCCn1c2ccccc2c2ccccc21)C1c2ccccc2Oc2ccccc21. The van der Waals surface area contributed by atoms with Crippen molar-refractivity contribution in [2.75, 3.05) is 6.54 Å². The molecule has 1 aliphatic heterocycles. The first kappa shape index (κ1) is 19.6. The average molecular weight is 433 g/mol. The summed E-state index contributed by atoms with van der Waals surface area (Å²) in [6.07, 6.45) is 0.848. The molecule has 4 aromatic carbocycles. The number of fused-ring (bicyclic) bond motifs is 5. The van der Waals surface area contributed by atoms with Crippen LogP contribution in [-0.2, 0) is 11.3 Å². The quantitative estimate of drug-likeness (QED) is 0.334. The monoisotopic (exact) mass is 432 g/mol. The van der Waals surface area contributed by atoms with Gasteiger partial charge in [0.25, 0.3) is 0 Å². The number of nitrogens with one attached hydrogen (secondary N) is 1. The number of aryl methyl sites for hydroxylation is 1. The van der Waals surface area contributed by atoms with Crippen molar-refractivity contribution in [2.45, 2.75) is 18.9 Å². The van der Waals surface area contributed by atoms with Gasteiger partial charge in [0, 0.05) is 46.0 Å². The van der Waals surface area contributed by atoms with Crippen LogP contribution in [0, 0.1) is 0 Å². The minimum atomic E-state index is -0.362. The van der Waals surface area contributed by atoms with Crippen LogP contribution in [0.25, 0.3) is 21.8 Å². The van der Waals surface area contributed by atoms with Gasteiger partial charge in [-0.3, -0.25) is 4.79 Å². The van der Waals surface area contributed by atoms with Crippen LogP contribution in [-0.4, -0.2) is 17.0 Å². The maximum absolute atomic E-state index is 13.3. The number of para-hydroxylation sites is 4. The van der Waals surface area contributed by atoms with Gasteiger partial charge in [0.15, 0.2) is 0 Å². The number of carbonyl (C=O) groups is 1. The molecule has 162 valence electrons. The summed E-state index contributed by atoms with van der Waals surface area (Å²) in [5, 5.41) is 5.73. The van der Waals surface area contributed by atoms with Gasteiger partial charge in [-0.25, -0.2) is 0 Å². The lowest BCUT2D eigenvalue weighted by atomic mass is 9.87. The Hall–Kier alpha value is -4.05. The molecule has 0 radical (unpaired) electrons. The number of aromatic nitrogens is 1.